The summed E-state index contributed by atoms with van der Waals surface area (Å²) >= 11 is 0. The zero-order valence-corrected chi connectivity index (χ0v) is 17.0. The van der Waals surface area contributed by atoms with E-state index in [9.17, 15) is 14.4 Å². The number of anilines is 1. The predicted octanol–water partition coefficient (Wildman–Crippen LogP) is 3.78. The van der Waals surface area contributed by atoms with Crippen LogP contribution in [-0.4, -0.2) is 35.8 Å². The number of furan rings is 1. The maximum Gasteiger partial charge on any atom is 0.411 e. The Kier molecular flexibility index (Phi) is 5.91. The third-order valence-corrected chi connectivity index (χ3v) is 5.13. The number of carboxylic acid groups (broad SMARTS) is 1. The predicted molar refractivity (Wildman–Crippen MR) is 113 cm³/mol. The number of carboxylic acids is 1. The van der Waals surface area contributed by atoms with Crippen LogP contribution in [0.5, 0.6) is 0 Å². The van der Waals surface area contributed by atoms with Crippen molar-refractivity contribution >= 4 is 23.7 Å². The summed E-state index contributed by atoms with van der Waals surface area (Å²) in [5.41, 5.74) is 6.42. The molecule has 3 aromatic rings. The Labute approximate surface area is 182 Å². The summed E-state index contributed by atoms with van der Waals surface area (Å²) in [6.45, 7) is 1.36. The van der Waals surface area contributed by atoms with Crippen molar-refractivity contribution in [3.05, 3.63) is 77.7 Å². The third kappa shape index (κ3) is 4.19. The molecule has 1 aliphatic rings. The maximum atomic E-state index is 12.4. The summed E-state index contributed by atoms with van der Waals surface area (Å²) in [4.78, 5) is 40.1. The van der Waals surface area contributed by atoms with Gasteiger partial charge >= 0.3 is 18.0 Å². The fraction of sp³-hybridized carbons (Fsp3) is 0.174. The third-order valence-electron chi connectivity index (χ3n) is 5.13. The van der Waals surface area contributed by atoms with Crippen LogP contribution in [0.1, 0.15) is 34.5 Å². The number of carbonyl (C=O) groups is 3. The van der Waals surface area contributed by atoms with Crippen LogP contribution in [0, 0.1) is 0 Å². The van der Waals surface area contributed by atoms with Gasteiger partial charge < -0.3 is 14.3 Å². The minimum atomic E-state index is -1.26. The van der Waals surface area contributed by atoms with E-state index in [-0.39, 0.29) is 24.0 Å². The van der Waals surface area contributed by atoms with Crippen molar-refractivity contribution in [2.45, 2.75) is 18.9 Å². The number of fused-ring (bicyclic) bond motifs is 3. The first-order valence-electron chi connectivity index (χ1n) is 9.84. The average Bonchev–Trinajstić information content (AvgIpc) is 3.38. The van der Waals surface area contributed by atoms with Crippen LogP contribution in [-0.2, 0) is 14.4 Å². The number of hydrogen-bond donors (Lipinski definition) is 3. The molecule has 3 N–H and O–H groups in total. The summed E-state index contributed by atoms with van der Waals surface area (Å²) in [6, 6.07) is 17.3. The summed E-state index contributed by atoms with van der Waals surface area (Å²) < 4.78 is 10.5. The first-order chi connectivity index (χ1) is 15.5. The van der Waals surface area contributed by atoms with E-state index in [1.807, 2.05) is 54.0 Å². The van der Waals surface area contributed by atoms with Gasteiger partial charge in [0.15, 0.2) is 6.10 Å². The molecule has 1 aliphatic carbocycles. The lowest BCUT2D eigenvalue weighted by molar-refractivity contribution is -0.152. The van der Waals surface area contributed by atoms with Crippen LogP contribution in [0.3, 0.4) is 0 Å². The fourth-order valence-electron chi connectivity index (χ4n) is 3.57. The van der Waals surface area contributed by atoms with Crippen LogP contribution in [0.4, 0.5) is 10.5 Å². The van der Waals surface area contributed by atoms with Gasteiger partial charge in [0.1, 0.15) is 6.61 Å². The zero-order chi connectivity index (χ0) is 22.7. The number of hydrogen-bond acceptors (Lipinski definition) is 6. The van der Waals surface area contributed by atoms with Crippen LogP contribution in [0.2, 0.25) is 0 Å². The van der Waals surface area contributed by atoms with Gasteiger partial charge in [-0.1, -0.05) is 48.5 Å². The molecule has 1 aromatic heterocycles. The van der Waals surface area contributed by atoms with Gasteiger partial charge in [-0.05, 0) is 29.2 Å². The van der Waals surface area contributed by atoms with Crippen molar-refractivity contribution in [3.63, 3.8) is 0 Å². The molecule has 1 unspecified atom stereocenters. The smallest absolute Gasteiger partial charge is 0.411 e. The van der Waals surface area contributed by atoms with E-state index in [0.29, 0.717) is 0 Å². The lowest BCUT2D eigenvalue weighted by Crippen LogP contribution is -2.32. The molecule has 0 aliphatic heterocycles. The quantitative estimate of drug-likeness (QED) is 0.481. The van der Waals surface area contributed by atoms with Gasteiger partial charge in [0.2, 0.25) is 5.76 Å². The minimum absolute atomic E-state index is 0.0614. The Morgan fingerprint density at radius 3 is 2.28 bits per heavy atom. The normalized spacial score (nSPS) is 13.0. The van der Waals surface area contributed by atoms with Gasteiger partial charge in [-0.15, -0.1) is 0 Å². The largest absolute Gasteiger partial charge is 0.479 e. The number of nitrogens with one attached hydrogen (secondary N) is 2. The summed E-state index contributed by atoms with van der Waals surface area (Å²) in [6.07, 6.45) is -0.816. The van der Waals surface area contributed by atoms with Crippen molar-refractivity contribution in [1.82, 2.24) is 5.48 Å². The molecule has 1 heterocycles. The van der Waals surface area contributed by atoms with E-state index >= 15 is 0 Å². The average molecular weight is 436 g/mol. The number of carbonyl (C=O) groups excluding carboxylic acids is 2. The highest BCUT2D eigenvalue weighted by molar-refractivity contribution is 5.99. The van der Waals surface area contributed by atoms with Crippen molar-refractivity contribution in [1.29, 1.82) is 0 Å². The highest BCUT2D eigenvalue weighted by atomic mass is 16.7. The molecule has 1 atom stereocenters. The second kappa shape index (κ2) is 8.94. The molecule has 0 fully saturated rings. The molecule has 0 bridgehead atoms. The molecule has 32 heavy (non-hydrogen) atoms. The molecule has 9 heteroatoms. The van der Waals surface area contributed by atoms with E-state index in [1.165, 1.54) is 19.3 Å². The topological polar surface area (TPSA) is 127 Å². The first kappa shape index (κ1) is 21.1. The van der Waals surface area contributed by atoms with Crippen molar-refractivity contribution in [2.75, 3.05) is 11.9 Å². The number of aliphatic carboxylic acids is 1. The highest BCUT2D eigenvalue weighted by Gasteiger charge is 2.29. The number of amides is 2. The molecule has 2 aromatic carbocycles. The molecule has 0 spiro atoms. The van der Waals surface area contributed by atoms with E-state index in [4.69, 9.17) is 19.1 Å². The Bertz CT molecular complexity index is 1120. The molecular formula is C23H20N2O7. The van der Waals surface area contributed by atoms with Gasteiger partial charge in [-0.2, -0.15) is 0 Å². The summed E-state index contributed by atoms with van der Waals surface area (Å²) in [7, 11) is 0. The molecule has 0 saturated carbocycles. The second-order valence-electron chi connectivity index (χ2n) is 7.14. The molecule has 4 rings (SSSR count). The van der Waals surface area contributed by atoms with Gasteiger partial charge in [0, 0.05) is 12.0 Å². The summed E-state index contributed by atoms with van der Waals surface area (Å²) in [5, 5.41) is 11.3. The Hall–Kier alpha value is -4.11. The first-order valence-corrected chi connectivity index (χ1v) is 9.84. The standard InChI is InChI=1S/C23H20N2O7/c1-13(22(27)28)32-25-21(26)20-19(10-11-30-20)24-23(29)31-12-18-16-8-4-2-6-14(16)15-7-3-5-9-17(15)18/h2-11,13,18H,12H2,1H3,(H,24,29)(H,25,26)(H,27,28). The number of hydroxylamine groups is 1. The SMILES string of the molecule is CC(ONC(=O)c1occc1NC(=O)OCC1c2ccccc2-c2ccccc21)C(=O)O. The molecule has 0 saturated heterocycles. The Balaban J connectivity index is 1.39. The Morgan fingerprint density at radius 2 is 1.66 bits per heavy atom. The Morgan fingerprint density at radius 1 is 1.03 bits per heavy atom. The van der Waals surface area contributed by atoms with Gasteiger partial charge in [-0.25, -0.2) is 15.1 Å². The zero-order valence-electron chi connectivity index (χ0n) is 17.0. The van der Waals surface area contributed by atoms with E-state index in [2.05, 4.69) is 5.32 Å². The van der Waals surface area contributed by atoms with Crippen LogP contribution in [0.25, 0.3) is 11.1 Å². The van der Waals surface area contributed by atoms with Crippen molar-refractivity contribution in [2.24, 2.45) is 0 Å². The van der Waals surface area contributed by atoms with E-state index < -0.39 is 24.1 Å². The van der Waals surface area contributed by atoms with E-state index in [1.54, 1.807) is 0 Å². The highest BCUT2D eigenvalue weighted by Crippen LogP contribution is 2.44. The van der Waals surface area contributed by atoms with Crippen LogP contribution < -0.4 is 10.8 Å². The van der Waals surface area contributed by atoms with Crippen LogP contribution in [0.15, 0.2) is 65.3 Å². The van der Waals surface area contributed by atoms with Gasteiger partial charge in [-0.3, -0.25) is 14.9 Å². The molecular weight excluding hydrogens is 416 g/mol. The molecule has 2 amide bonds. The molecule has 0 radical (unpaired) electrons. The van der Waals surface area contributed by atoms with E-state index in [0.717, 1.165) is 22.3 Å². The van der Waals surface area contributed by atoms with Gasteiger partial charge in [0.05, 0.1) is 12.0 Å². The monoisotopic (exact) mass is 436 g/mol. The lowest BCUT2D eigenvalue weighted by Gasteiger charge is -2.14. The number of ether oxygens (including phenoxy) is 1. The number of rotatable bonds is 7. The van der Waals surface area contributed by atoms with Gasteiger partial charge in [0.25, 0.3) is 0 Å². The second-order valence-corrected chi connectivity index (χ2v) is 7.14. The minimum Gasteiger partial charge on any atom is -0.479 e. The van der Waals surface area contributed by atoms with Crippen molar-refractivity contribution in [3.8, 4) is 11.1 Å². The lowest BCUT2D eigenvalue weighted by atomic mass is 9.98. The van der Waals surface area contributed by atoms with Crippen molar-refractivity contribution < 1.29 is 33.5 Å². The molecule has 9 nitrogen and oxygen atoms in total. The van der Waals surface area contributed by atoms with Crippen LogP contribution >= 0.6 is 0 Å². The fourth-order valence-corrected chi connectivity index (χ4v) is 3.57. The summed E-state index contributed by atoms with van der Waals surface area (Å²) in [5.74, 6) is -2.46. The maximum absolute atomic E-state index is 12.4. The number of benzene rings is 2. The molecule has 164 valence electrons.